The molecular formula is C31H30FN3O5S. The zero-order valence-corrected chi connectivity index (χ0v) is 23.5. The Kier molecular flexibility index (Phi) is 10.2. The van der Waals surface area contributed by atoms with Gasteiger partial charge in [-0.3, -0.25) is 4.79 Å². The minimum absolute atomic E-state index is 0.00725. The van der Waals surface area contributed by atoms with Crippen molar-refractivity contribution in [2.24, 2.45) is 0 Å². The highest BCUT2D eigenvalue weighted by atomic mass is 32.1. The van der Waals surface area contributed by atoms with E-state index in [1.807, 2.05) is 50.2 Å². The van der Waals surface area contributed by atoms with Crippen LogP contribution in [0.15, 0.2) is 85.1 Å². The molecule has 0 spiro atoms. The van der Waals surface area contributed by atoms with E-state index in [4.69, 9.17) is 9.47 Å². The Bertz CT molecular complexity index is 1480. The predicted octanol–water partition coefficient (Wildman–Crippen LogP) is 5.84. The molecule has 0 aliphatic carbocycles. The minimum atomic E-state index is -1.26. The SMILES string of the molecule is CC(C)c1sncc1-c1cc(F)cc(C(=O)NC[C@@H](NC(=O)OCc2ccccc2)C(=O)OCc2ccccc2)c1. The summed E-state index contributed by atoms with van der Waals surface area (Å²) in [4.78, 5) is 39.5. The quantitative estimate of drug-likeness (QED) is 0.218. The molecular weight excluding hydrogens is 545 g/mol. The summed E-state index contributed by atoms with van der Waals surface area (Å²) in [5.41, 5.74) is 2.86. The first-order valence-electron chi connectivity index (χ1n) is 13.0. The van der Waals surface area contributed by atoms with Crippen LogP contribution < -0.4 is 10.6 Å². The van der Waals surface area contributed by atoms with Crippen molar-refractivity contribution in [1.29, 1.82) is 0 Å². The zero-order valence-electron chi connectivity index (χ0n) is 22.6. The van der Waals surface area contributed by atoms with Crippen molar-refractivity contribution in [1.82, 2.24) is 15.0 Å². The number of carbonyl (C=O) groups excluding carboxylic acids is 3. The Balaban J connectivity index is 1.44. The molecule has 4 rings (SSSR count). The van der Waals surface area contributed by atoms with Gasteiger partial charge in [0.25, 0.3) is 5.91 Å². The second kappa shape index (κ2) is 14.2. The smallest absolute Gasteiger partial charge is 0.408 e. The molecule has 3 aromatic carbocycles. The van der Waals surface area contributed by atoms with E-state index in [2.05, 4.69) is 15.0 Å². The van der Waals surface area contributed by atoms with Crippen LogP contribution in [-0.2, 0) is 27.5 Å². The summed E-state index contributed by atoms with van der Waals surface area (Å²) in [6.07, 6.45) is 0.796. The van der Waals surface area contributed by atoms with Crippen molar-refractivity contribution in [2.75, 3.05) is 6.54 Å². The number of halogens is 1. The van der Waals surface area contributed by atoms with Gasteiger partial charge >= 0.3 is 12.1 Å². The number of alkyl carbamates (subject to hydrolysis) is 1. The number of hydrogen-bond donors (Lipinski definition) is 2. The van der Waals surface area contributed by atoms with Crippen LogP contribution in [0.2, 0.25) is 0 Å². The topological polar surface area (TPSA) is 107 Å². The average molecular weight is 576 g/mol. The van der Waals surface area contributed by atoms with E-state index < -0.39 is 29.8 Å². The van der Waals surface area contributed by atoms with E-state index in [0.717, 1.165) is 27.6 Å². The molecule has 0 aliphatic heterocycles. The number of aromatic nitrogens is 1. The van der Waals surface area contributed by atoms with Crippen LogP contribution in [0.4, 0.5) is 9.18 Å². The van der Waals surface area contributed by atoms with Gasteiger partial charge in [0.1, 0.15) is 25.1 Å². The summed E-state index contributed by atoms with van der Waals surface area (Å²) < 4.78 is 29.4. The second-order valence-electron chi connectivity index (χ2n) is 9.55. The lowest BCUT2D eigenvalue weighted by Crippen LogP contribution is -2.49. The molecule has 1 aromatic heterocycles. The van der Waals surface area contributed by atoms with E-state index in [0.29, 0.717) is 5.56 Å². The van der Waals surface area contributed by atoms with Crippen LogP contribution >= 0.6 is 11.5 Å². The summed E-state index contributed by atoms with van der Waals surface area (Å²) in [6.45, 7) is 3.69. The molecule has 2 N–H and O–H groups in total. The lowest BCUT2D eigenvalue weighted by molar-refractivity contribution is -0.147. The van der Waals surface area contributed by atoms with Crippen LogP contribution in [0.1, 0.15) is 46.1 Å². The standard InChI is InChI=1S/C31H30FN3O5S/c1-20(2)28-26(16-34-41-28)23-13-24(15-25(32)14-23)29(36)33-17-27(30(37)39-18-21-9-5-3-6-10-21)35-31(38)40-19-22-11-7-4-8-12-22/h3-16,20,27H,17-19H2,1-2H3,(H,33,36)(H,35,38)/t27-/m1/s1. The Morgan fingerprint density at radius 3 is 2.17 bits per heavy atom. The van der Waals surface area contributed by atoms with E-state index in [1.165, 1.54) is 17.6 Å². The zero-order chi connectivity index (χ0) is 29.2. The largest absolute Gasteiger partial charge is 0.459 e. The fraction of sp³-hybridized carbons (Fsp3) is 0.226. The molecule has 0 fully saturated rings. The highest BCUT2D eigenvalue weighted by Gasteiger charge is 2.25. The number of nitrogens with one attached hydrogen (secondary N) is 2. The van der Waals surface area contributed by atoms with Gasteiger partial charge in [0.05, 0.1) is 0 Å². The maximum Gasteiger partial charge on any atom is 0.408 e. The molecule has 1 atom stereocenters. The number of nitrogens with zero attached hydrogens (tertiary/aromatic N) is 1. The molecule has 4 aromatic rings. The van der Waals surface area contributed by atoms with Crippen molar-refractivity contribution >= 4 is 29.5 Å². The van der Waals surface area contributed by atoms with E-state index in [9.17, 15) is 18.8 Å². The Hall–Kier alpha value is -4.57. The first kappa shape index (κ1) is 29.4. The molecule has 0 bridgehead atoms. The van der Waals surface area contributed by atoms with Crippen LogP contribution in [0.25, 0.3) is 11.1 Å². The van der Waals surface area contributed by atoms with Crippen molar-refractivity contribution in [3.8, 4) is 11.1 Å². The average Bonchev–Trinajstić information content (AvgIpc) is 3.48. The van der Waals surface area contributed by atoms with Gasteiger partial charge in [0.15, 0.2) is 0 Å². The number of ether oxygens (including phenoxy) is 2. The monoisotopic (exact) mass is 575 g/mol. The van der Waals surface area contributed by atoms with E-state index in [-0.39, 0.29) is 31.2 Å². The Morgan fingerprint density at radius 1 is 0.902 bits per heavy atom. The number of amides is 2. The van der Waals surface area contributed by atoms with Crippen molar-refractivity contribution < 1.29 is 28.2 Å². The van der Waals surface area contributed by atoms with E-state index >= 15 is 0 Å². The van der Waals surface area contributed by atoms with Gasteiger partial charge in [-0.05, 0) is 52.3 Å². The molecule has 0 unspecified atom stereocenters. The Labute approximate surface area is 241 Å². The molecule has 0 saturated carbocycles. The highest BCUT2D eigenvalue weighted by molar-refractivity contribution is 7.06. The van der Waals surface area contributed by atoms with Crippen LogP contribution in [0, 0.1) is 5.82 Å². The third kappa shape index (κ3) is 8.46. The van der Waals surface area contributed by atoms with Gasteiger partial charge in [-0.15, -0.1) is 0 Å². The van der Waals surface area contributed by atoms with Crippen molar-refractivity contribution in [3.05, 3.63) is 112 Å². The lowest BCUT2D eigenvalue weighted by Gasteiger charge is -2.18. The van der Waals surface area contributed by atoms with Crippen molar-refractivity contribution in [3.63, 3.8) is 0 Å². The molecule has 2 amide bonds. The van der Waals surface area contributed by atoms with Crippen LogP contribution in [0.5, 0.6) is 0 Å². The number of hydrogen-bond acceptors (Lipinski definition) is 7. The van der Waals surface area contributed by atoms with Crippen LogP contribution in [-0.4, -0.2) is 34.9 Å². The maximum absolute atomic E-state index is 14.6. The molecule has 10 heteroatoms. The van der Waals surface area contributed by atoms with Gasteiger partial charge in [0, 0.05) is 28.7 Å². The number of benzene rings is 3. The van der Waals surface area contributed by atoms with Gasteiger partial charge in [-0.1, -0.05) is 74.5 Å². The predicted molar refractivity (Wildman–Crippen MR) is 154 cm³/mol. The summed E-state index contributed by atoms with van der Waals surface area (Å²) in [7, 11) is 0. The number of esters is 1. The normalized spacial score (nSPS) is 11.5. The van der Waals surface area contributed by atoms with Gasteiger partial charge in [0.2, 0.25) is 0 Å². The number of carbonyl (C=O) groups is 3. The first-order valence-corrected chi connectivity index (χ1v) is 13.8. The van der Waals surface area contributed by atoms with Crippen LogP contribution in [0.3, 0.4) is 0 Å². The summed E-state index contributed by atoms with van der Waals surface area (Å²) in [5, 5.41) is 5.07. The highest BCUT2D eigenvalue weighted by Crippen LogP contribution is 2.33. The third-order valence-electron chi connectivity index (χ3n) is 6.07. The first-order chi connectivity index (χ1) is 19.8. The molecule has 8 nitrogen and oxygen atoms in total. The Morgan fingerprint density at radius 2 is 1.54 bits per heavy atom. The molecule has 0 radical (unpaired) electrons. The van der Waals surface area contributed by atoms with E-state index in [1.54, 1.807) is 36.5 Å². The minimum Gasteiger partial charge on any atom is -0.459 e. The van der Waals surface area contributed by atoms with Gasteiger partial charge in [-0.2, -0.15) is 0 Å². The lowest BCUT2D eigenvalue weighted by atomic mass is 10.00. The molecule has 0 aliphatic rings. The fourth-order valence-corrected chi connectivity index (χ4v) is 4.74. The fourth-order valence-electron chi connectivity index (χ4n) is 3.98. The summed E-state index contributed by atoms with van der Waals surface area (Å²) >= 11 is 1.32. The second-order valence-corrected chi connectivity index (χ2v) is 10.4. The third-order valence-corrected chi connectivity index (χ3v) is 7.17. The summed E-state index contributed by atoms with van der Waals surface area (Å²) in [6, 6.07) is 20.9. The van der Waals surface area contributed by atoms with Crippen molar-refractivity contribution in [2.45, 2.75) is 39.0 Å². The van der Waals surface area contributed by atoms with Gasteiger partial charge < -0.3 is 20.1 Å². The molecule has 0 saturated heterocycles. The summed E-state index contributed by atoms with van der Waals surface area (Å²) in [5.74, 6) is -1.81. The molecule has 1 heterocycles. The van der Waals surface area contributed by atoms with Gasteiger partial charge in [-0.25, -0.2) is 18.4 Å². The molecule has 41 heavy (non-hydrogen) atoms. The maximum atomic E-state index is 14.6. The molecule has 212 valence electrons. The number of rotatable bonds is 11.